The molecule has 0 saturated carbocycles. The van der Waals surface area contributed by atoms with E-state index < -0.39 is 23.3 Å². The summed E-state index contributed by atoms with van der Waals surface area (Å²) in [6, 6.07) is 4.80. The zero-order chi connectivity index (χ0) is 18.2. The van der Waals surface area contributed by atoms with Gasteiger partial charge in [0.25, 0.3) is 5.91 Å². The molecule has 2 fully saturated rings. The highest BCUT2D eigenvalue weighted by molar-refractivity contribution is 6.09. The second kappa shape index (κ2) is 6.46. The largest absolute Gasteiger partial charge is 0.341 e. The Balaban J connectivity index is 1.73. The Labute approximate surface area is 146 Å². The van der Waals surface area contributed by atoms with Crippen molar-refractivity contribution in [3.05, 3.63) is 35.6 Å². The van der Waals surface area contributed by atoms with Gasteiger partial charge in [-0.25, -0.2) is 9.18 Å². The van der Waals surface area contributed by atoms with Gasteiger partial charge in [0, 0.05) is 13.1 Å². The molecule has 2 heterocycles. The molecule has 0 aromatic heterocycles. The van der Waals surface area contributed by atoms with Crippen molar-refractivity contribution in [2.75, 3.05) is 19.6 Å². The smallest absolute Gasteiger partial charge is 0.325 e. The van der Waals surface area contributed by atoms with Gasteiger partial charge in [0.2, 0.25) is 5.91 Å². The molecule has 1 atom stereocenters. The first-order valence-corrected chi connectivity index (χ1v) is 8.49. The van der Waals surface area contributed by atoms with Crippen molar-refractivity contribution in [1.29, 1.82) is 0 Å². The van der Waals surface area contributed by atoms with E-state index >= 15 is 0 Å². The van der Waals surface area contributed by atoms with Crippen LogP contribution in [0.5, 0.6) is 0 Å². The molecule has 7 heteroatoms. The number of hydrogen-bond donors (Lipinski definition) is 1. The van der Waals surface area contributed by atoms with Crippen LogP contribution in [0.4, 0.5) is 9.18 Å². The first-order valence-electron chi connectivity index (χ1n) is 8.49. The number of nitrogens with zero attached hydrogens (tertiary/aromatic N) is 2. The molecule has 6 nitrogen and oxygen atoms in total. The quantitative estimate of drug-likeness (QED) is 0.849. The zero-order valence-corrected chi connectivity index (χ0v) is 14.4. The average Bonchev–Trinajstić information content (AvgIpc) is 2.80. The maximum atomic E-state index is 13.1. The molecule has 1 unspecified atom stereocenters. The van der Waals surface area contributed by atoms with Crippen LogP contribution in [0.2, 0.25) is 0 Å². The number of hydrogen-bond acceptors (Lipinski definition) is 3. The molecule has 3 rings (SSSR count). The number of rotatable bonds is 3. The minimum absolute atomic E-state index is 0.223. The fraction of sp³-hybridized carbons (Fsp3) is 0.500. The van der Waals surface area contributed by atoms with Crippen LogP contribution in [0, 0.1) is 11.7 Å². The van der Waals surface area contributed by atoms with Gasteiger partial charge in [-0.2, -0.15) is 0 Å². The van der Waals surface area contributed by atoms with E-state index in [4.69, 9.17) is 0 Å². The van der Waals surface area contributed by atoms with Crippen LogP contribution in [-0.2, 0) is 15.1 Å². The molecule has 0 spiro atoms. The molecular weight excluding hydrogens is 325 g/mol. The summed E-state index contributed by atoms with van der Waals surface area (Å²) in [7, 11) is 0. The third-order valence-corrected chi connectivity index (χ3v) is 5.13. The standard InChI is InChI=1S/C18H22FN3O3/c1-12-7-9-21(10-8-12)15(23)11-22-16(24)18(2,20-17(22)25)13-3-5-14(19)6-4-13/h3-6,12H,7-11H2,1-2H3,(H,20,25). The molecule has 1 aromatic rings. The fourth-order valence-electron chi connectivity index (χ4n) is 3.31. The lowest BCUT2D eigenvalue weighted by Gasteiger charge is -2.31. The van der Waals surface area contributed by atoms with E-state index in [0.29, 0.717) is 24.6 Å². The van der Waals surface area contributed by atoms with Crippen molar-refractivity contribution in [2.24, 2.45) is 5.92 Å². The van der Waals surface area contributed by atoms with Crippen LogP contribution in [0.3, 0.4) is 0 Å². The molecule has 4 amide bonds. The number of urea groups is 1. The number of carbonyl (C=O) groups excluding carboxylic acids is 3. The summed E-state index contributed by atoms with van der Waals surface area (Å²) in [5.41, 5.74) is -0.810. The molecule has 0 bridgehead atoms. The summed E-state index contributed by atoms with van der Waals surface area (Å²) < 4.78 is 13.1. The predicted octanol–water partition coefficient (Wildman–Crippen LogP) is 1.85. The van der Waals surface area contributed by atoms with Crippen LogP contribution < -0.4 is 5.32 Å². The highest BCUT2D eigenvalue weighted by Crippen LogP contribution is 2.29. The monoisotopic (exact) mass is 347 g/mol. The van der Waals surface area contributed by atoms with E-state index in [1.807, 2.05) is 0 Å². The summed E-state index contributed by atoms with van der Waals surface area (Å²) in [5.74, 6) is -0.556. The van der Waals surface area contributed by atoms with Crippen molar-refractivity contribution in [2.45, 2.75) is 32.2 Å². The SMILES string of the molecule is CC1CCN(C(=O)CN2C(=O)NC(C)(c3ccc(F)cc3)C2=O)CC1. The van der Waals surface area contributed by atoms with Crippen molar-refractivity contribution in [3.8, 4) is 0 Å². The Hall–Kier alpha value is -2.44. The number of carbonyl (C=O) groups is 3. The number of likely N-dealkylation sites (tertiary alicyclic amines) is 1. The Morgan fingerprint density at radius 3 is 2.44 bits per heavy atom. The van der Waals surface area contributed by atoms with E-state index in [0.717, 1.165) is 17.7 Å². The van der Waals surface area contributed by atoms with Crippen LogP contribution in [0.25, 0.3) is 0 Å². The first kappa shape index (κ1) is 17.4. The second-order valence-electron chi connectivity index (χ2n) is 7.02. The van der Waals surface area contributed by atoms with Gasteiger partial charge in [-0.05, 0) is 43.4 Å². The van der Waals surface area contributed by atoms with E-state index in [1.54, 1.807) is 11.8 Å². The number of piperidine rings is 1. The lowest BCUT2D eigenvalue weighted by molar-refractivity contribution is -0.139. The molecule has 1 N–H and O–H groups in total. The Morgan fingerprint density at radius 1 is 1.24 bits per heavy atom. The summed E-state index contributed by atoms with van der Waals surface area (Å²) in [4.78, 5) is 40.1. The topological polar surface area (TPSA) is 69.7 Å². The predicted molar refractivity (Wildman–Crippen MR) is 89.0 cm³/mol. The van der Waals surface area contributed by atoms with Crippen molar-refractivity contribution in [1.82, 2.24) is 15.1 Å². The Kier molecular flexibility index (Phi) is 4.49. The third-order valence-electron chi connectivity index (χ3n) is 5.13. The maximum Gasteiger partial charge on any atom is 0.325 e. The molecule has 134 valence electrons. The minimum atomic E-state index is -1.29. The lowest BCUT2D eigenvalue weighted by atomic mass is 9.92. The first-order chi connectivity index (χ1) is 11.8. The van der Waals surface area contributed by atoms with Crippen LogP contribution in [-0.4, -0.2) is 47.3 Å². The molecule has 25 heavy (non-hydrogen) atoms. The van der Waals surface area contributed by atoms with E-state index in [2.05, 4.69) is 12.2 Å². The molecule has 2 aliphatic heterocycles. The third kappa shape index (κ3) is 3.23. The molecule has 0 aliphatic carbocycles. The van der Waals surface area contributed by atoms with Crippen molar-refractivity contribution in [3.63, 3.8) is 0 Å². The molecule has 2 aliphatic rings. The molecule has 1 aromatic carbocycles. The van der Waals surface area contributed by atoms with Gasteiger partial charge >= 0.3 is 6.03 Å². The van der Waals surface area contributed by atoms with Gasteiger partial charge in [-0.1, -0.05) is 19.1 Å². The fourth-order valence-corrected chi connectivity index (χ4v) is 3.31. The molecule has 0 radical (unpaired) electrons. The van der Waals surface area contributed by atoms with E-state index in [-0.39, 0.29) is 12.5 Å². The Morgan fingerprint density at radius 2 is 1.84 bits per heavy atom. The van der Waals surface area contributed by atoms with Crippen molar-refractivity contribution < 1.29 is 18.8 Å². The average molecular weight is 347 g/mol. The number of imide groups is 1. The summed E-state index contributed by atoms with van der Waals surface area (Å²) in [6.45, 7) is 4.74. The second-order valence-corrected chi connectivity index (χ2v) is 7.02. The number of amides is 4. The van der Waals surface area contributed by atoms with Gasteiger partial charge in [0.15, 0.2) is 0 Å². The highest BCUT2D eigenvalue weighted by Gasteiger charge is 2.49. The number of benzene rings is 1. The van der Waals surface area contributed by atoms with Gasteiger partial charge in [-0.15, -0.1) is 0 Å². The van der Waals surface area contributed by atoms with Crippen LogP contribution in [0.15, 0.2) is 24.3 Å². The van der Waals surface area contributed by atoms with Crippen molar-refractivity contribution >= 4 is 17.8 Å². The van der Waals surface area contributed by atoms with Gasteiger partial charge in [-0.3, -0.25) is 14.5 Å². The zero-order valence-electron chi connectivity index (χ0n) is 14.4. The van der Waals surface area contributed by atoms with Gasteiger partial charge in [0.05, 0.1) is 0 Å². The summed E-state index contributed by atoms with van der Waals surface area (Å²) in [6.07, 6.45) is 1.86. The highest BCUT2D eigenvalue weighted by atomic mass is 19.1. The number of halogens is 1. The number of nitrogens with one attached hydrogen (secondary N) is 1. The molecular formula is C18H22FN3O3. The van der Waals surface area contributed by atoms with Crippen LogP contribution >= 0.6 is 0 Å². The van der Waals surface area contributed by atoms with Gasteiger partial charge < -0.3 is 10.2 Å². The Bertz CT molecular complexity index is 698. The van der Waals surface area contributed by atoms with Gasteiger partial charge in [0.1, 0.15) is 17.9 Å². The maximum absolute atomic E-state index is 13.1. The normalized spacial score (nSPS) is 24.6. The summed E-state index contributed by atoms with van der Waals surface area (Å²) in [5, 5.41) is 2.63. The van der Waals surface area contributed by atoms with E-state index in [1.165, 1.54) is 24.3 Å². The van der Waals surface area contributed by atoms with E-state index in [9.17, 15) is 18.8 Å². The summed E-state index contributed by atoms with van der Waals surface area (Å²) >= 11 is 0. The van der Waals surface area contributed by atoms with Crippen LogP contribution in [0.1, 0.15) is 32.3 Å². The minimum Gasteiger partial charge on any atom is -0.341 e. The molecule has 2 saturated heterocycles. The lowest BCUT2D eigenvalue weighted by Crippen LogP contribution is -2.46.